The van der Waals surface area contributed by atoms with Crippen molar-refractivity contribution in [1.29, 1.82) is 0 Å². The van der Waals surface area contributed by atoms with E-state index in [9.17, 15) is 9.90 Å². The summed E-state index contributed by atoms with van der Waals surface area (Å²) in [5, 5.41) is 14.4. The van der Waals surface area contributed by atoms with Crippen molar-refractivity contribution >= 4 is 32.8 Å². The second-order valence-corrected chi connectivity index (χ2v) is 7.87. The minimum Gasteiger partial charge on any atom is -0.507 e. The molecule has 0 fully saturated rings. The zero-order valence-corrected chi connectivity index (χ0v) is 18.5. The van der Waals surface area contributed by atoms with Gasteiger partial charge >= 0.3 is 5.97 Å². The first kappa shape index (κ1) is 21.4. The number of fused-ring (bicyclic) bond motifs is 1. The molecule has 0 saturated carbocycles. The van der Waals surface area contributed by atoms with Crippen LogP contribution in [0.3, 0.4) is 0 Å². The van der Waals surface area contributed by atoms with Crippen LogP contribution in [-0.2, 0) is 11.3 Å². The van der Waals surface area contributed by atoms with Gasteiger partial charge in [0.25, 0.3) is 0 Å². The topological polar surface area (TPSA) is 66.7 Å². The van der Waals surface area contributed by atoms with Crippen LogP contribution in [0.1, 0.15) is 23.0 Å². The number of likely N-dealkylation sites (N-methyl/N-ethyl adjacent to an activating group) is 1. The van der Waals surface area contributed by atoms with Crippen LogP contribution in [0.4, 0.5) is 0 Å². The Balaban J connectivity index is 2.21. The van der Waals surface area contributed by atoms with Crippen molar-refractivity contribution in [2.75, 3.05) is 33.8 Å². The summed E-state index contributed by atoms with van der Waals surface area (Å²) in [6.07, 6.45) is 0. The Kier molecular flexibility index (Phi) is 6.95. The number of rotatable bonds is 8. The maximum absolute atomic E-state index is 12.9. The van der Waals surface area contributed by atoms with E-state index in [-0.39, 0.29) is 12.4 Å². The number of phenolic OH excluding ortho intramolecular Hbond substituents is 1. The Hall–Kier alpha value is -2.35. The number of halogens is 1. The maximum atomic E-state index is 12.9. The highest BCUT2D eigenvalue weighted by molar-refractivity contribution is 9.10. The normalized spacial score (nSPS) is 11.3. The number of ether oxygens (including phenoxy) is 1. The van der Waals surface area contributed by atoms with Gasteiger partial charge in [-0.25, -0.2) is 4.79 Å². The van der Waals surface area contributed by atoms with Gasteiger partial charge in [-0.05, 0) is 61.2 Å². The van der Waals surface area contributed by atoms with Gasteiger partial charge < -0.3 is 24.6 Å². The molecule has 1 aromatic heterocycles. The third-order valence-electron chi connectivity index (χ3n) is 4.66. The number of esters is 1. The Bertz CT molecular complexity index is 1000. The van der Waals surface area contributed by atoms with Crippen molar-refractivity contribution in [2.24, 2.45) is 0 Å². The van der Waals surface area contributed by atoms with Gasteiger partial charge in [0.05, 0.1) is 27.9 Å². The van der Waals surface area contributed by atoms with Gasteiger partial charge in [0.2, 0.25) is 0 Å². The van der Waals surface area contributed by atoms with E-state index in [0.717, 1.165) is 30.0 Å². The van der Waals surface area contributed by atoms with Crippen LogP contribution in [0.2, 0.25) is 0 Å². The number of nitrogens with one attached hydrogen (secondary N) is 1. The monoisotopic (exact) mass is 459 g/mol. The molecule has 154 valence electrons. The van der Waals surface area contributed by atoms with Gasteiger partial charge in [-0.1, -0.05) is 18.2 Å². The van der Waals surface area contributed by atoms with E-state index in [2.05, 4.69) is 30.7 Å². The molecule has 0 radical (unpaired) electrons. The summed E-state index contributed by atoms with van der Waals surface area (Å²) in [7, 11) is 4.04. The largest absolute Gasteiger partial charge is 0.507 e. The van der Waals surface area contributed by atoms with Crippen LogP contribution in [0, 0.1) is 0 Å². The molecule has 0 spiro atoms. The summed E-state index contributed by atoms with van der Waals surface area (Å²) in [5.41, 5.74) is 3.05. The fraction of sp³-hybridized carbons (Fsp3) is 0.318. The van der Waals surface area contributed by atoms with Crippen molar-refractivity contribution in [2.45, 2.75) is 13.5 Å². The van der Waals surface area contributed by atoms with Crippen LogP contribution in [0.25, 0.3) is 16.6 Å². The number of hydrogen-bond acceptors (Lipinski definition) is 5. The van der Waals surface area contributed by atoms with Crippen LogP contribution < -0.4 is 5.32 Å². The third kappa shape index (κ3) is 4.63. The minimum atomic E-state index is -0.390. The molecule has 29 heavy (non-hydrogen) atoms. The van der Waals surface area contributed by atoms with E-state index >= 15 is 0 Å². The van der Waals surface area contributed by atoms with Crippen LogP contribution in [0.5, 0.6) is 5.75 Å². The fourth-order valence-electron chi connectivity index (χ4n) is 3.33. The van der Waals surface area contributed by atoms with E-state index in [4.69, 9.17) is 4.74 Å². The van der Waals surface area contributed by atoms with Crippen LogP contribution in [-0.4, -0.2) is 54.3 Å². The summed E-state index contributed by atoms with van der Waals surface area (Å²) < 4.78 is 7.98. The minimum absolute atomic E-state index is 0.0837. The van der Waals surface area contributed by atoms with Crippen molar-refractivity contribution in [3.63, 3.8) is 0 Å². The van der Waals surface area contributed by atoms with Gasteiger partial charge in [0.1, 0.15) is 5.75 Å². The molecule has 1 heterocycles. The number of carbonyl (C=O) groups excluding carboxylic acids is 1. The second-order valence-electron chi connectivity index (χ2n) is 7.01. The lowest BCUT2D eigenvalue weighted by Crippen LogP contribution is -2.27. The number of benzene rings is 2. The Morgan fingerprint density at radius 3 is 2.62 bits per heavy atom. The van der Waals surface area contributed by atoms with Gasteiger partial charge in [-0.15, -0.1) is 0 Å². The number of aromatic nitrogens is 1. The Labute approximate surface area is 179 Å². The zero-order chi connectivity index (χ0) is 21.0. The van der Waals surface area contributed by atoms with Gasteiger partial charge in [0.15, 0.2) is 0 Å². The fourth-order valence-corrected chi connectivity index (χ4v) is 3.66. The number of hydrogen-bond donors (Lipinski definition) is 2. The highest BCUT2D eigenvalue weighted by atomic mass is 79.9. The number of aromatic hydroxyl groups is 1. The molecule has 6 nitrogen and oxygen atoms in total. The lowest BCUT2D eigenvalue weighted by atomic mass is 10.1. The third-order valence-corrected chi connectivity index (χ3v) is 5.29. The molecule has 0 unspecified atom stereocenters. The zero-order valence-electron chi connectivity index (χ0n) is 16.9. The smallest absolute Gasteiger partial charge is 0.340 e. The molecule has 0 aliphatic heterocycles. The van der Waals surface area contributed by atoms with E-state index in [1.54, 1.807) is 13.0 Å². The number of nitrogens with zero attached hydrogens (tertiary/aromatic N) is 2. The maximum Gasteiger partial charge on any atom is 0.340 e. The average molecular weight is 460 g/mol. The standard InChI is InChI=1S/C22H26BrN3O3/c1-4-29-22(28)21-16-12-20(27)17(23)13-18(16)26(15-8-6-5-7-9-15)19(21)14-24-10-11-25(2)3/h5-9,12-13,24,27H,4,10-11,14H2,1-3H3. The van der Waals surface area contributed by atoms with Gasteiger partial charge in [-0.2, -0.15) is 0 Å². The van der Waals surface area contributed by atoms with E-state index in [0.29, 0.717) is 22.0 Å². The highest BCUT2D eigenvalue weighted by Gasteiger charge is 2.25. The first-order valence-electron chi connectivity index (χ1n) is 9.57. The summed E-state index contributed by atoms with van der Waals surface area (Å²) >= 11 is 3.40. The van der Waals surface area contributed by atoms with Gasteiger partial charge in [0, 0.05) is 30.7 Å². The average Bonchev–Trinajstić information content (AvgIpc) is 2.99. The quantitative estimate of drug-likeness (QED) is 0.394. The predicted molar refractivity (Wildman–Crippen MR) is 119 cm³/mol. The number of para-hydroxylation sites is 1. The van der Waals surface area contributed by atoms with Crippen molar-refractivity contribution in [3.8, 4) is 11.4 Å². The molecule has 0 amide bonds. The summed E-state index contributed by atoms with van der Waals surface area (Å²) in [6, 6.07) is 13.3. The van der Waals surface area contributed by atoms with Crippen LogP contribution >= 0.6 is 15.9 Å². The molecule has 2 aromatic carbocycles. The Morgan fingerprint density at radius 1 is 1.24 bits per heavy atom. The van der Waals surface area contributed by atoms with Gasteiger partial charge in [-0.3, -0.25) is 0 Å². The van der Waals surface area contributed by atoms with Crippen LogP contribution in [0.15, 0.2) is 46.9 Å². The second kappa shape index (κ2) is 9.43. The van der Waals surface area contributed by atoms with Crippen molar-refractivity contribution in [3.05, 3.63) is 58.2 Å². The van der Waals surface area contributed by atoms with E-state index < -0.39 is 5.97 Å². The summed E-state index contributed by atoms with van der Waals surface area (Å²) in [5.74, 6) is -0.307. The SMILES string of the molecule is CCOC(=O)c1c(CNCCN(C)C)n(-c2ccccc2)c2cc(Br)c(O)cc12. The summed E-state index contributed by atoms with van der Waals surface area (Å²) in [6.45, 7) is 4.22. The highest BCUT2D eigenvalue weighted by Crippen LogP contribution is 2.36. The van der Waals surface area contributed by atoms with Crippen molar-refractivity contribution in [1.82, 2.24) is 14.8 Å². The molecule has 0 aliphatic rings. The molecular weight excluding hydrogens is 434 g/mol. The lowest BCUT2D eigenvalue weighted by molar-refractivity contribution is 0.0527. The molecule has 0 atom stereocenters. The molecule has 3 aromatic rings. The van der Waals surface area contributed by atoms with E-state index in [1.165, 1.54) is 0 Å². The molecule has 7 heteroatoms. The van der Waals surface area contributed by atoms with Crippen molar-refractivity contribution < 1.29 is 14.6 Å². The molecule has 0 aliphatic carbocycles. The number of phenols is 1. The molecular formula is C22H26BrN3O3. The number of carbonyl (C=O) groups is 1. The first-order chi connectivity index (χ1) is 13.9. The molecule has 2 N–H and O–H groups in total. The predicted octanol–water partition coefficient (Wildman–Crippen LogP) is 3.93. The molecule has 0 bridgehead atoms. The summed E-state index contributed by atoms with van der Waals surface area (Å²) in [4.78, 5) is 15.0. The molecule has 3 rings (SSSR count). The van der Waals surface area contributed by atoms with E-state index in [1.807, 2.05) is 50.5 Å². The molecule has 0 saturated heterocycles. The Morgan fingerprint density at radius 2 is 1.97 bits per heavy atom. The lowest BCUT2D eigenvalue weighted by Gasteiger charge is -2.14. The first-order valence-corrected chi connectivity index (χ1v) is 10.4.